The summed E-state index contributed by atoms with van der Waals surface area (Å²) in [5, 5.41) is 0. The van der Waals surface area contributed by atoms with E-state index in [1.807, 2.05) is 60.7 Å². The first-order valence-corrected chi connectivity index (χ1v) is 9.60. The summed E-state index contributed by atoms with van der Waals surface area (Å²) >= 11 is 0. The van der Waals surface area contributed by atoms with E-state index in [4.69, 9.17) is 18.9 Å². The molecule has 0 N–H and O–H groups in total. The molecular formula is C20H20O5S. The molecule has 0 aliphatic carbocycles. The zero-order chi connectivity index (χ0) is 17.9. The maximum absolute atomic E-state index is 13.2. The molecule has 26 heavy (non-hydrogen) atoms. The van der Waals surface area contributed by atoms with E-state index in [1.54, 1.807) is 13.2 Å². The van der Waals surface area contributed by atoms with Crippen LogP contribution in [0.2, 0.25) is 0 Å². The molecule has 0 bridgehead atoms. The summed E-state index contributed by atoms with van der Waals surface area (Å²) in [6.07, 6.45) is -0.165. The summed E-state index contributed by atoms with van der Waals surface area (Å²) in [5.74, 6) is 0. The predicted octanol–water partition coefficient (Wildman–Crippen LogP) is 3.16. The van der Waals surface area contributed by atoms with E-state index in [0.717, 1.165) is 10.5 Å². The van der Waals surface area contributed by atoms with Crippen LogP contribution in [-0.4, -0.2) is 36.4 Å². The minimum absolute atomic E-state index is 0.341. The Morgan fingerprint density at radius 1 is 1.00 bits per heavy atom. The van der Waals surface area contributed by atoms with Gasteiger partial charge >= 0.3 is 0 Å². The molecule has 0 spiro atoms. The molecule has 136 valence electrons. The Balaban J connectivity index is 1.64. The lowest BCUT2D eigenvalue weighted by Crippen LogP contribution is -2.48. The van der Waals surface area contributed by atoms with E-state index < -0.39 is 29.5 Å². The zero-order valence-electron chi connectivity index (χ0n) is 14.3. The van der Waals surface area contributed by atoms with Crippen LogP contribution in [0.5, 0.6) is 0 Å². The quantitative estimate of drug-likeness (QED) is 0.825. The molecule has 2 aliphatic rings. The molecule has 6 heteroatoms. The second-order valence-corrected chi connectivity index (χ2v) is 7.54. The predicted molar refractivity (Wildman–Crippen MR) is 96.6 cm³/mol. The first kappa shape index (κ1) is 17.6. The highest BCUT2D eigenvalue weighted by atomic mass is 32.2. The number of rotatable bonds is 4. The van der Waals surface area contributed by atoms with Gasteiger partial charge < -0.3 is 18.9 Å². The summed E-state index contributed by atoms with van der Waals surface area (Å²) in [6.45, 7) is 0.341. The van der Waals surface area contributed by atoms with Crippen molar-refractivity contribution in [3.8, 4) is 0 Å². The van der Waals surface area contributed by atoms with Crippen LogP contribution in [-0.2, 0) is 29.7 Å². The Morgan fingerprint density at radius 3 is 2.38 bits per heavy atom. The van der Waals surface area contributed by atoms with E-state index in [1.165, 1.54) is 0 Å². The zero-order valence-corrected chi connectivity index (χ0v) is 15.1. The van der Waals surface area contributed by atoms with Gasteiger partial charge in [-0.3, -0.25) is 0 Å². The van der Waals surface area contributed by atoms with Crippen LogP contribution in [0.3, 0.4) is 0 Å². The van der Waals surface area contributed by atoms with Crippen molar-refractivity contribution >= 4 is 10.8 Å². The molecule has 0 aromatic heterocycles. The topological polar surface area (TPSA) is 54.0 Å². The monoisotopic (exact) mass is 372 g/mol. The highest BCUT2D eigenvalue weighted by Gasteiger charge is 2.42. The van der Waals surface area contributed by atoms with Crippen LogP contribution >= 0.6 is 0 Å². The van der Waals surface area contributed by atoms with Crippen molar-refractivity contribution in [3.05, 3.63) is 77.2 Å². The van der Waals surface area contributed by atoms with E-state index in [0.29, 0.717) is 11.5 Å². The fraction of sp³-hybridized carbons (Fsp3) is 0.300. The summed E-state index contributed by atoms with van der Waals surface area (Å²) in [6, 6.07) is 19.0. The molecular weight excluding hydrogens is 352 g/mol. The highest BCUT2D eigenvalue weighted by molar-refractivity contribution is 7.89. The largest absolute Gasteiger partial charge is 0.352 e. The van der Waals surface area contributed by atoms with Crippen LogP contribution in [0, 0.1) is 0 Å². The molecule has 1 unspecified atom stereocenters. The van der Waals surface area contributed by atoms with Gasteiger partial charge in [0, 0.05) is 17.6 Å². The molecule has 1 saturated heterocycles. The second-order valence-electron chi connectivity index (χ2n) is 6.06. The van der Waals surface area contributed by atoms with Crippen molar-refractivity contribution in [1.82, 2.24) is 0 Å². The molecule has 4 rings (SSSR count). The van der Waals surface area contributed by atoms with Gasteiger partial charge in [0.1, 0.15) is 12.2 Å². The number of fused-ring (bicyclic) bond motifs is 1. The van der Waals surface area contributed by atoms with Gasteiger partial charge in [-0.1, -0.05) is 48.5 Å². The van der Waals surface area contributed by atoms with Gasteiger partial charge in [0.05, 0.1) is 22.3 Å². The van der Waals surface area contributed by atoms with E-state index in [-0.39, 0.29) is 6.10 Å². The average molecular weight is 372 g/mol. The molecule has 2 aromatic carbocycles. The third kappa shape index (κ3) is 3.51. The molecule has 0 saturated carbocycles. The van der Waals surface area contributed by atoms with Crippen LogP contribution in [0.4, 0.5) is 0 Å². The molecule has 0 radical (unpaired) electrons. The van der Waals surface area contributed by atoms with E-state index >= 15 is 0 Å². The third-order valence-electron chi connectivity index (χ3n) is 4.38. The first-order chi connectivity index (χ1) is 12.8. The van der Waals surface area contributed by atoms with Gasteiger partial charge in [0.15, 0.2) is 12.6 Å². The van der Waals surface area contributed by atoms with Crippen molar-refractivity contribution in [2.24, 2.45) is 0 Å². The smallest absolute Gasteiger partial charge is 0.184 e. The third-order valence-corrected chi connectivity index (χ3v) is 5.88. The van der Waals surface area contributed by atoms with E-state index in [2.05, 4.69) is 0 Å². The minimum atomic E-state index is -1.36. The van der Waals surface area contributed by atoms with Gasteiger partial charge in [0.25, 0.3) is 0 Å². The van der Waals surface area contributed by atoms with Crippen molar-refractivity contribution in [3.63, 3.8) is 0 Å². The van der Waals surface area contributed by atoms with Crippen LogP contribution in [0.1, 0.15) is 11.9 Å². The number of ether oxygens (including phenoxy) is 4. The van der Waals surface area contributed by atoms with Crippen molar-refractivity contribution < 1.29 is 23.2 Å². The molecule has 2 aliphatic heterocycles. The average Bonchev–Trinajstić information content (AvgIpc) is 2.73. The second kappa shape index (κ2) is 7.82. The van der Waals surface area contributed by atoms with Gasteiger partial charge in [-0.15, -0.1) is 0 Å². The van der Waals surface area contributed by atoms with E-state index in [9.17, 15) is 4.21 Å². The summed E-state index contributed by atoms with van der Waals surface area (Å²) < 4.78 is 36.3. The number of hydrogen-bond acceptors (Lipinski definition) is 5. The Morgan fingerprint density at radius 2 is 1.69 bits per heavy atom. The van der Waals surface area contributed by atoms with Gasteiger partial charge in [-0.2, -0.15) is 0 Å². The molecule has 0 amide bonds. The van der Waals surface area contributed by atoms with Crippen LogP contribution in [0.25, 0.3) is 0 Å². The number of hydrogen-bond donors (Lipinski definition) is 0. The Hall–Kier alpha value is -1.83. The summed E-state index contributed by atoms with van der Waals surface area (Å²) in [5.41, 5.74) is 0.921. The molecule has 5 nitrogen and oxygen atoms in total. The van der Waals surface area contributed by atoms with Crippen molar-refractivity contribution in [2.45, 2.75) is 29.7 Å². The van der Waals surface area contributed by atoms with Crippen LogP contribution in [0.15, 0.2) is 76.5 Å². The molecule has 5 atom stereocenters. The SMILES string of the molecule is CO[C@H]1C=C(S(=O)c2ccccc2)[C@@H]2O[C@H](c3ccccc3)OC[C@H]2O1. The maximum Gasteiger partial charge on any atom is 0.184 e. The molecule has 2 heterocycles. The minimum Gasteiger partial charge on any atom is -0.352 e. The first-order valence-electron chi connectivity index (χ1n) is 8.45. The maximum atomic E-state index is 13.2. The van der Waals surface area contributed by atoms with Crippen LogP contribution < -0.4 is 0 Å². The van der Waals surface area contributed by atoms with Crippen molar-refractivity contribution in [2.75, 3.05) is 13.7 Å². The number of methoxy groups -OCH3 is 1. The Kier molecular flexibility index (Phi) is 5.28. The fourth-order valence-corrected chi connectivity index (χ4v) is 4.42. The Bertz CT molecular complexity index is 792. The fourth-order valence-electron chi connectivity index (χ4n) is 3.09. The lowest BCUT2D eigenvalue weighted by molar-refractivity contribution is -0.282. The van der Waals surface area contributed by atoms with Gasteiger partial charge in [-0.05, 0) is 18.2 Å². The molecule has 1 fully saturated rings. The standard InChI is InChI=1S/C20H20O5S/c1-22-18-12-17(26(21)15-10-6-3-7-11-15)19-16(24-18)13-23-20(25-19)14-8-4-2-5-9-14/h2-12,16,18-20H,13H2,1H3/t16-,18-,19-,20-,26?/m1/s1. The summed E-state index contributed by atoms with van der Waals surface area (Å²) in [7, 11) is 0.196. The van der Waals surface area contributed by atoms with Gasteiger partial charge in [-0.25, -0.2) is 4.21 Å². The lowest BCUT2D eigenvalue weighted by Gasteiger charge is -2.41. The normalized spacial score (nSPS) is 29.5. The Labute approximate surface area is 155 Å². The van der Waals surface area contributed by atoms with Gasteiger partial charge in [0.2, 0.25) is 0 Å². The number of benzene rings is 2. The summed E-state index contributed by atoms with van der Waals surface area (Å²) in [4.78, 5) is 1.38. The molecule has 2 aromatic rings. The van der Waals surface area contributed by atoms with Crippen molar-refractivity contribution in [1.29, 1.82) is 0 Å². The lowest BCUT2D eigenvalue weighted by atomic mass is 10.1. The highest BCUT2D eigenvalue weighted by Crippen LogP contribution is 2.36.